The standard InChI is InChI=1S/C13H22O8S/c1-12(2)16-6-7(18-12)8-9(21-22(5,14)15)10-11(17-8)20-13(3,4)19-10/h7-11H,6H2,1-5H3/t7-,8-,9-,10-,11-/m1/s1. The first-order valence-electron chi connectivity index (χ1n) is 7.17. The maximum atomic E-state index is 11.6. The Bertz CT molecular complexity index is 542. The molecule has 3 heterocycles. The molecular weight excluding hydrogens is 316 g/mol. The molecule has 0 unspecified atom stereocenters. The summed E-state index contributed by atoms with van der Waals surface area (Å²) in [5.41, 5.74) is 0. The second kappa shape index (κ2) is 5.10. The smallest absolute Gasteiger partial charge is 0.264 e. The molecule has 5 atom stereocenters. The molecule has 0 radical (unpaired) electrons. The van der Waals surface area contributed by atoms with Crippen LogP contribution in [0.15, 0.2) is 0 Å². The molecule has 3 saturated heterocycles. The van der Waals surface area contributed by atoms with Gasteiger partial charge in [0.05, 0.1) is 12.9 Å². The van der Waals surface area contributed by atoms with Crippen molar-refractivity contribution in [3.8, 4) is 0 Å². The highest BCUT2D eigenvalue weighted by molar-refractivity contribution is 7.86. The van der Waals surface area contributed by atoms with Crippen LogP contribution in [0.4, 0.5) is 0 Å². The van der Waals surface area contributed by atoms with E-state index in [-0.39, 0.29) is 6.61 Å². The van der Waals surface area contributed by atoms with Gasteiger partial charge in [-0.1, -0.05) is 0 Å². The number of hydrogen-bond acceptors (Lipinski definition) is 8. The maximum absolute atomic E-state index is 11.6. The van der Waals surface area contributed by atoms with E-state index in [0.29, 0.717) is 0 Å². The fourth-order valence-electron chi connectivity index (χ4n) is 2.99. The Morgan fingerprint density at radius 1 is 1.00 bits per heavy atom. The minimum absolute atomic E-state index is 0.282. The maximum Gasteiger partial charge on any atom is 0.264 e. The van der Waals surface area contributed by atoms with Crippen LogP contribution in [0.2, 0.25) is 0 Å². The predicted octanol–water partition coefficient (Wildman–Crippen LogP) is 0.359. The van der Waals surface area contributed by atoms with Crippen LogP contribution in [0.1, 0.15) is 27.7 Å². The molecule has 3 aliphatic rings. The molecule has 8 nitrogen and oxygen atoms in total. The Balaban J connectivity index is 1.81. The van der Waals surface area contributed by atoms with Gasteiger partial charge in [-0.3, -0.25) is 4.18 Å². The summed E-state index contributed by atoms with van der Waals surface area (Å²) in [4.78, 5) is 0. The predicted molar refractivity (Wildman–Crippen MR) is 73.3 cm³/mol. The summed E-state index contributed by atoms with van der Waals surface area (Å²) in [6.45, 7) is 7.32. The van der Waals surface area contributed by atoms with Gasteiger partial charge in [0.25, 0.3) is 10.1 Å². The Hall–Kier alpha value is -0.290. The van der Waals surface area contributed by atoms with E-state index in [1.54, 1.807) is 27.7 Å². The SMILES string of the molecule is CC1(C)O[C@H]2O[C@H]([C@H]3COC(C)(C)O3)[C@@H](OS(C)(=O)=O)[C@H]2O1. The minimum Gasteiger partial charge on any atom is -0.348 e. The van der Waals surface area contributed by atoms with E-state index in [4.69, 9.17) is 27.9 Å². The molecule has 128 valence electrons. The van der Waals surface area contributed by atoms with Crippen molar-refractivity contribution in [2.24, 2.45) is 0 Å². The van der Waals surface area contributed by atoms with Crippen LogP contribution in [0.5, 0.6) is 0 Å². The third kappa shape index (κ3) is 3.30. The molecule has 0 N–H and O–H groups in total. The fraction of sp³-hybridized carbons (Fsp3) is 1.00. The van der Waals surface area contributed by atoms with Crippen LogP contribution in [-0.4, -0.2) is 63.6 Å². The molecule has 3 aliphatic heterocycles. The molecular formula is C13H22O8S. The Morgan fingerprint density at radius 3 is 2.23 bits per heavy atom. The number of ether oxygens (including phenoxy) is 5. The van der Waals surface area contributed by atoms with E-state index in [1.807, 2.05) is 0 Å². The third-order valence-corrected chi connectivity index (χ3v) is 4.28. The Kier molecular flexibility index (Phi) is 3.84. The molecule has 3 fully saturated rings. The summed E-state index contributed by atoms with van der Waals surface area (Å²) in [6, 6.07) is 0. The van der Waals surface area contributed by atoms with E-state index < -0.39 is 52.4 Å². The molecule has 0 spiro atoms. The van der Waals surface area contributed by atoms with Gasteiger partial charge in [-0.2, -0.15) is 8.42 Å². The quantitative estimate of drug-likeness (QED) is 0.682. The van der Waals surface area contributed by atoms with Gasteiger partial charge in [-0.25, -0.2) is 0 Å². The van der Waals surface area contributed by atoms with E-state index in [2.05, 4.69) is 0 Å². The lowest BCUT2D eigenvalue weighted by atomic mass is 10.1. The molecule has 0 aromatic rings. The molecule has 22 heavy (non-hydrogen) atoms. The molecule has 0 aromatic carbocycles. The summed E-state index contributed by atoms with van der Waals surface area (Å²) in [5.74, 6) is -1.60. The second-order valence-electron chi connectivity index (χ2n) is 6.70. The zero-order chi connectivity index (χ0) is 16.3. The lowest BCUT2D eigenvalue weighted by Crippen LogP contribution is -2.45. The fourth-order valence-corrected chi connectivity index (χ4v) is 3.61. The molecule has 0 bridgehead atoms. The normalized spacial score (nSPS) is 43.4. The average Bonchev–Trinajstić information content (AvgIpc) is 2.89. The summed E-state index contributed by atoms with van der Waals surface area (Å²) >= 11 is 0. The lowest BCUT2D eigenvalue weighted by Gasteiger charge is -2.28. The summed E-state index contributed by atoms with van der Waals surface area (Å²) in [6.07, 6.45) is -2.29. The van der Waals surface area contributed by atoms with Crippen LogP contribution in [0.3, 0.4) is 0 Å². The van der Waals surface area contributed by atoms with Gasteiger partial charge in [0.1, 0.15) is 24.4 Å². The van der Waals surface area contributed by atoms with Crippen molar-refractivity contribution in [3.05, 3.63) is 0 Å². The average molecular weight is 338 g/mol. The highest BCUT2D eigenvalue weighted by Gasteiger charge is 2.59. The second-order valence-corrected chi connectivity index (χ2v) is 8.30. The topological polar surface area (TPSA) is 89.5 Å². The summed E-state index contributed by atoms with van der Waals surface area (Å²) in [7, 11) is -3.69. The Labute approximate surface area is 130 Å². The highest BCUT2D eigenvalue weighted by atomic mass is 32.2. The zero-order valence-electron chi connectivity index (χ0n) is 13.3. The van der Waals surface area contributed by atoms with Gasteiger partial charge in [0, 0.05) is 0 Å². The van der Waals surface area contributed by atoms with Crippen molar-refractivity contribution < 1.29 is 36.3 Å². The molecule has 0 amide bonds. The zero-order valence-corrected chi connectivity index (χ0v) is 14.1. The summed E-state index contributed by atoms with van der Waals surface area (Å²) in [5, 5.41) is 0. The van der Waals surface area contributed by atoms with Crippen LogP contribution in [0, 0.1) is 0 Å². The highest BCUT2D eigenvalue weighted by Crippen LogP contribution is 2.42. The van der Waals surface area contributed by atoms with Crippen molar-refractivity contribution in [2.45, 2.75) is 70.0 Å². The van der Waals surface area contributed by atoms with Gasteiger partial charge in [0.2, 0.25) is 0 Å². The third-order valence-electron chi connectivity index (χ3n) is 3.71. The van der Waals surface area contributed by atoms with Gasteiger partial charge in [-0.05, 0) is 27.7 Å². The van der Waals surface area contributed by atoms with Crippen LogP contribution < -0.4 is 0 Å². The van der Waals surface area contributed by atoms with Crippen LogP contribution in [-0.2, 0) is 38.0 Å². The van der Waals surface area contributed by atoms with E-state index in [0.717, 1.165) is 6.26 Å². The van der Waals surface area contributed by atoms with Gasteiger partial charge >= 0.3 is 0 Å². The first kappa shape index (κ1) is 16.6. The first-order valence-corrected chi connectivity index (χ1v) is 8.99. The monoisotopic (exact) mass is 338 g/mol. The van der Waals surface area contributed by atoms with E-state index in [1.165, 1.54) is 0 Å². The number of hydrogen-bond donors (Lipinski definition) is 0. The van der Waals surface area contributed by atoms with Crippen molar-refractivity contribution in [3.63, 3.8) is 0 Å². The number of rotatable bonds is 3. The molecule has 0 aromatic heterocycles. The molecule has 3 rings (SSSR count). The number of fused-ring (bicyclic) bond motifs is 1. The van der Waals surface area contributed by atoms with Crippen molar-refractivity contribution in [2.75, 3.05) is 12.9 Å². The summed E-state index contributed by atoms with van der Waals surface area (Å²) < 4.78 is 56.8. The minimum atomic E-state index is -3.69. The van der Waals surface area contributed by atoms with Crippen molar-refractivity contribution >= 4 is 10.1 Å². The van der Waals surface area contributed by atoms with Gasteiger partial charge in [-0.15, -0.1) is 0 Å². The van der Waals surface area contributed by atoms with Crippen LogP contribution >= 0.6 is 0 Å². The molecule has 0 saturated carbocycles. The molecule has 9 heteroatoms. The van der Waals surface area contributed by atoms with E-state index in [9.17, 15) is 8.42 Å². The lowest BCUT2D eigenvalue weighted by molar-refractivity contribution is -0.230. The molecule has 0 aliphatic carbocycles. The van der Waals surface area contributed by atoms with Crippen molar-refractivity contribution in [1.29, 1.82) is 0 Å². The largest absolute Gasteiger partial charge is 0.348 e. The Morgan fingerprint density at radius 2 is 1.68 bits per heavy atom. The van der Waals surface area contributed by atoms with Gasteiger partial charge < -0.3 is 23.7 Å². The van der Waals surface area contributed by atoms with Crippen molar-refractivity contribution in [1.82, 2.24) is 0 Å². The van der Waals surface area contributed by atoms with Crippen LogP contribution in [0.25, 0.3) is 0 Å². The van der Waals surface area contributed by atoms with Gasteiger partial charge in [0.15, 0.2) is 17.9 Å². The first-order chi connectivity index (χ1) is 9.96. The van der Waals surface area contributed by atoms with E-state index >= 15 is 0 Å².